The molecule has 0 bridgehead atoms. The minimum absolute atomic E-state index is 0.113. The van der Waals surface area contributed by atoms with Gasteiger partial charge in [0.05, 0.1) is 0 Å². The van der Waals surface area contributed by atoms with Crippen molar-refractivity contribution in [3.63, 3.8) is 0 Å². The predicted molar refractivity (Wildman–Crippen MR) is 54.3 cm³/mol. The smallest absolute Gasteiger partial charge is 0.248 e. The first-order valence-corrected chi connectivity index (χ1v) is 4.93. The molecule has 1 aliphatic carbocycles. The van der Waals surface area contributed by atoms with Gasteiger partial charge in [-0.1, -0.05) is 0 Å². The summed E-state index contributed by atoms with van der Waals surface area (Å²) in [7, 11) is 0. The second-order valence-electron chi connectivity index (χ2n) is 3.73. The maximum Gasteiger partial charge on any atom is 0.248 e. The van der Waals surface area contributed by atoms with Gasteiger partial charge in [0, 0.05) is 23.9 Å². The Morgan fingerprint density at radius 2 is 2.33 bits per heavy atom. The van der Waals surface area contributed by atoms with E-state index in [1.165, 1.54) is 12.8 Å². The molecule has 0 radical (unpaired) electrons. The quantitative estimate of drug-likeness (QED) is 0.789. The van der Waals surface area contributed by atoms with Crippen molar-refractivity contribution in [3.05, 3.63) is 35.0 Å². The third kappa shape index (κ3) is 1.45. The highest BCUT2D eigenvalue weighted by Gasteiger charge is 2.26. The molecule has 2 aromatic rings. The lowest BCUT2D eigenvalue weighted by molar-refractivity contribution is 0.746. The summed E-state index contributed by atoms with van der Waals surface area (Å²) in [4.78, 5) is 13.8. The second kappa shape index (κ2) is 3.05. The number of H-pyrrole nitrogens is 1. The third-order valence-corrected chi connectivity index (χ3v) is 2.55. The van der Waals surface area contributed by atoms with Crippen LogP contribution in [0.25, 0.3) is 11.4 Å². The topological polar surface area (TPSA) is 63.6 Å². The van der Waals surface area contributed by atoms with Crippen molar-refractivity contribution < 1.29 is 0 Å². The molecule has 1 fully saturated rings. The molecule has 0 spiro atoms. The van der Waals surface area contributed by atoms with Gasteiger partial charge >= 0.3 is 0 Å². The van der Waals surface area contributed by atoms with E-state index in [1.54, 1.807) is 18.6 Å². The van der Waals surface area contributed by atoms with Crippen molar-refractivity contribution in [2.75, 3.05) is 0 Å². The van der Waals surface area contributed by atoms with Crippen molar-refractivity contribution >= 4 is 0 Å². The lowest BCUT2D eigenvalue weighted by Gasteiger charge is -2.03. The number of hydrogen-bond acceptors (Lipinski definition) is 3. The molecule has 0 atom stereocenters. The van der Waals surface area contributed by atoms with E-state index in [0.717, 1.165) is 11.4 Å². The Balaban J connectivity index is 2.11. The Kier molecular flexibility index (Phi) is 1.71. The number of nitrogens with one attached hydrogen (secondary N) is 1. The number of nitrogens with zero attached hydrogens (tertiary/aromatic N) is 3. The molecule has 76 valence electrons. The molecule has 0 amide bonds. The molecule has 15 heavy (non-hydrogen) atoms. The Hall–Kier alpha value is -1.91. The molecule has 0 aromatic carbocycles. The zero-order valence-corrected chi connectivity index (χ0v) is 8.05. The molecular formula is C10H10N4O. The molecular weight excluding hydrogens is 192 g/mol. The Bertz CT molecular complexity index is 538. The van der Waals surface area contributed by atoms with E-state index in [1.807, 2.05) is 10.6 Å². The van der Waals surface area contributed by atoms with Crippen molar-refractivity contribution in [1.82, 2.24) is 19.7 Å². The van der Waals surface area contributed by atoms with Gasteiger partial charge in [-0.25, -0.2) is 0 Å². The van der Waals surface area contributed by atoms with E-state index in [9.17, 15) is 4.79 Å². The molecule has 0 aliphatic heterocycles. The Morgan fingerprint density at radius 3 is 3.07 bits per heavy atom. The third-order valence-electron chi connectivity index (χ3n) is 2.55. The highest BCUT2D eigenvalue weighted by Crippen LogP contribution is 2.37. The standard InChI is InChI=1S/C10H10N4O/c15-9-5-7(3-4-11-9)10-13-12-6-14(10)8-1-2-8/h3-6,8H,1-2H2,(H,11,15). The minimum Gasteiger partial charge on any atom is -0.329 e. The first kappa shape index (κ1) is 8.40. The highest BCUT2D eigenvalue weighted by atomic mass is 16.1. The van der Waals surface area contributed by atoms with Crippen LogP contribution in [0.2, 0.25) is 0 Å². The van der Waals surface area contributed by atoms with E-state index in [4.69, 9.17) is 0 Å². The maximum absolute atomic E-state index is 11.2. The normalized spacial score (nSPS) is 15.5. The SMILES string of the molecule is O=c1cc(-c2nncn2C2CC2)cc[nH]1. The van der Waals surface area contributed by atoms with E-state index in [2.05, 4.69) is 15.2 Å². The Labute approximate surface area is 85.8 Å². The fourth-order valence-electron chi connectivity index (χ4n) is 1.65. The van der Waals surface area contributed by atoms with Crippen LogP contribution in [0.15, 0.2) is 29.5 Å². The average molecular weight is 202 g/mol. The number of pyridine rings is 1. The van der Waals surface area contributed by atoms with Crippen LogP contribution in [0.3, 0.4) is 0 Å². The van der Waals surface area contributed by atoms with Gasteiger partial charge in [0.2, 0.25) is 5.56 Å². The molecule has 3 rings (SSSR count). The van der Waals surface area contributed by atoms with E-state index < -0.39 is 0 Å². The van der Waals surface area contributed by atoms with Crippen LogP contribution in [0.5, 0.6) is 0 Å². The summed E-state index contributed by atoms with van der Waals surface area (Å²) >= 11 is 0. The van der Waals surface area contributed by atoms with Gasteiger partial charge < -0.3 is 9.55 Å². The number of hydrogen-bond donors (Lipinski definition) is 1. The number of aromatic nitrogens is 4. The molecule has 1 aliphatic rings. The first-order valence-electron chi connectivity index (χ1n) is 4.93. The van der Waals surface area contributed by atoms with Gasteiger partial charge in [0.25, 0.3) is 0 Å². The minimum atomic E-state index is -0.113. The zero-order valence-electron chi connectivity index (χ0n) is 8.05. The van der Waals surface area contributed by atoms with E-state index in [-0.39, 0.29) is 5.56 Å². The van der Waals surface area contributed by atoms with Crippen molar-refractivity contribution in [2.45, 2.75) is 18.9 Å². The van der Waals surface area contributed by atoms with Crippen LogP contribution >= 0.6 is 0 Å². The summed E-state index contributed by atoms with van der Waals surface area (Å²) in [6.45, 7) is 0. The van der Waals surface area contributed by atoms with Crippen LogP contribution in [0.1, 0.15) is 18.9 Å². The first-order chi connectivity index (χ1) is 7.34. The van der Waals surface area contributed by atoms with Crippen molar-refractivity contribution in [3.8, 4) is 11.4 Å². The predicted octanol–water partition coefficient (Wildman–Crippen LogP) is 0.968. The fourth-order valence-corrected chi connectivity index (χ4v) is 1.65. The molecule has 1 N–H and O–H groups in total. The zero-order chi connectivity index (χ0) is 10.3. The molecule has 0 unspecified atom stereocenters. The van der Waals surface area contributed by atoms with Gasteiger partial charge in [-0.3, -0.25) is 4.79 Å². The lowest BCUT2D eigenvalue weighted by Crippen LogP contribution is -2.04. The van der Waals surface area contributed by atoms with Crippen molar-refractivity contribution in [1.29, 1.82) is 0 Å². The van der Waals surface area contributed by atoms with Gasteiger partial charge in [0.1, 0.15) is 6.33 Å². The summed E-state index contributed by atoms with van der Waals surface area (Å²) in [5.74, 6) is 0.781. The monoisotopic (exact) mass is 202 g/mol. The molecule has 2 heterocycles. The Morgan fingerprint density at radius 1 is 1.47 bits per heavy atom. The summed E-state index contributed by atoms with van der Waals surface area (Å²) in [6.07, 6.45) is 5.71. The van der Waals surface area contributed by atoms with Gasteiger partial charge in [0.15, 0.2) is 5.82 Å². The van der Waals surface area contributed by atoms with Crippen LogP contribution in [0.4, 0.5) is 0 Å². The lowest BCUT2D eigenvalue weighted by atomic mass is 10.2. The number of aromatic amines is 1. The van der Waals surface area contributed by atoms with Crippen molar-refractivity contribution in [2.24, 2.45) is 0 Å². The van der Waals surface area contributed by atoms with Crippen LogP contribution in [0, 0.1) is 0 Å². The van der Waals surface area contributed by atoms with Crippen LogP contribution in [-0.4, -0.2) is 19.7 Å². The summed E-state index contributed by atoms with van der Waals surface area (Å²) in [5, 5.41) is 7.94. The van der Waals surface area contributed by atoms with Gasteiger partial charge in [-0.15, -0.1) is 10.2 Å². The molecule has 1 saturated carbocycles. The summed E-state index contributed by atoms with van der Waals surface area (Å²) < 4.78 is 2.04. The summed E-state index contributed by atoms with van der Waals surface area (Å²) in [5.41, 5.74) is 0.709. The second-order valence-corrected chi connectivity index (χ2v) is 3.73. The molecule has 2 aromatic heterocycles. The summed E-state index contributed by atoms with van der Waals surface area (Å²) in [6, 6.07) is 3.90. The number of rotatable bonds is 2. The van der Waals surface area contributed by atoms with E-state index >= 15 is 0 Å². The molecule has 5 heteroatoms. The molecule has 5 nitrogen and oxygen atoms in total. The van der Waals surface area contributed by atoms with Crippen LogP contribution < -0.4 is 5.56 Å². The van der Waals surface area contributed by atoms with E-state index in [0.29, 0.717) is 6.04 Å². The van der Waals surface area contributed by atoms with Gasteiger partial charge in [-0.05, 0) is 18.9 Å². The molecule has 0 saturated heterocycles. The maximum atomic E-state index is 11.2. The largest absolute Gasteiger partial charge is 0.329 e. The fraction of sp³-hybridized carbons (Fsp3) is 0.300. The van der Waals surface area contributed by atoms with Gasteiger partial charge in [-0.2, -0.15) is 0 Å². The highest BCUT2D eigenvalue weighted by molar-refractivity contribution is 5.53. The average Bonchev–Trinajstić information content (AvgIpc) is 2.96. The van der Waals surface area contributed by atoms with Crippen LogP contribution in [-0.2, 0) is 0 Å².